The summed E-state index contributed by atoms with van der Waals surface area (Å²) in [5.74, 6) is 1.36. The van der Waals surface area contributed by atoms with Crippen LogP contribution in [-0.2, 0) is 6.42 Å². The Hall–Kier alpha value is -1.40. The van der Waals surface area contributed by atoms with Crippen molar-refractivity contribution in [2.45, 2.75) is 13.3 Å². The van der Waals surface area contributed by atoms with Gasteiger partial charge >= 0.3 is 0 Å². The second kappa shape index (κ2) is 3.57. The van der Waals surface area contributed by atoms with Gasteiger partial charge in [-0.1, -0.05) is 11.6 Å². The predicted molar refractivity (Wildman–Crippen MR) is 67.8 cm³/mol. The van der Waals surface area contributed by atoms with Crippen molar-refractivity contribution in [3.63, 3.8) is 0 Å². The van der Waals surface area contributed by atoms with Crippen LogP contribution in [0.1, 0.15) is 29.2 Å². The molecule has 16 heavy (non-hydrogen) atoms. The van der Waals surface area contributed by atoms with Crippen molar-refractivity contribution >= 4 is 11.6 Å². The molecule has 0 amide bonds. The zero-order chi connectivity index (χ0) is 11.1. The third kappa shape index (κ3) is 1.42. The second-order valence-electron chi connectivity index (χ2n) is 4.26. The minimum Gasteiger partial charge on any atom is -0.0828 e. The Balaban J connectivity index is 2.18. The maximum atomic E-state index is 6.04. The summed E-state index contributed by atoms with van der Waals surface area (Å²) in [5.41, 5.74) is 5.44. The first-order valence-corrected chi connectivity index (χ1v) is 5.84. The summed E-state index contributed by atoms with van der Waals surface area (Å²) in [6.07, 6.45) is 0.989. The van der Waals surface area contributed by atoms with Gasteiger partial charge in [0, 0.05) is 29.2 Å². The zero-order valence-corrected chi connectivity index (χ0v) is 9.88. The van der Waals surface area contributed by atoms with Crippen LogP contribution in [-0.4, -0.2) is 0 Å². The number of hydrogen-bond acceptors (Lipinski definition) is 0. The van der Waals surface area contributed by atoms with Crippen molar-refractivity contribution in [2.24, 2.45) is 0 Å². The van der Waals surface area contributed by atoms with Crippen LogP contribution in [0.5, 0.6) is 0 Å². The molecular weight excluding hydrogens is 216 g/mol. The first-order chi connectivity index (χ1) is 7.75. The third-order valence-electron chi connectivity index (χ3n) is 3.27. The SMILES string of the molecule is C[C+]1c2ccccc2Cc2cc(Cl)ccc21. The smallest absolute Gasteiger partial charge is 0.0795 e. The van der Waals surface area contributed by atoms with Crippen LogP contribution < -0.4 is 0 Å². The maximum Gasteiger partial charge on any atom is 0.0795 e. The quantitative estimate of drug-likeness (QED) is 0.591. The van der Waals surface area contributed by atoms with E-state index >= 15 is 0 Å². The lowest BCUT2D eigenvalue weighted by Gasteiger charge is -2.18. The Kier molecular flexibility index (Phi) is 2.19. The van der Waals surface area contributed by atoms with Gasteiger partial charge in [-0.25, -0.2) is 0 Å². The van der Waals surface area contributed by atoms with Gasteiger partial charge in [0.05, 0.1) is 22.6 Å². The van der Waals surface area contributed by atoms with E-state index in [4.69, 9.17) is 11.6 Å². The van der Waals surface area contributed by atoms with Gasteiger partial charge in [0.15, 0.2) is 0 Å². The number of benzene rings is 2. The molecule has 0 atom stereocenters. The fraction of sp³-hybridized carbons (Fsp3) is 0.133. The molecule has 0 N–H and O–H groups in total. The molecular formula is C15H12Cl+. The van der Waals surface area contributed by atoms with Crippen molar-refractivity contribution in [1.82, 2.24) is 0 Å². The largest absolute Gasteiger partial charge is 0.0828 e. The van der Waals surface area contributed by atoms with Gasteiger partial charge in [-0.2, -0.15) is 0 Å². The first kappa shape index (κ1) is 9.80. The van der Waals surface area contributed by atoms with Gasteiger partial charge < -0.3 is 0 Å². The minimum absolute atomic E-state index is 0.825. The van der Waals surface area contributed by atoms with Crippen molar-refractivity contribution in [1.29, 1.82) is 0 Å². The van der Waals surface area contributed by atoms with E-state index < -0.39 is 0 Å². The summed E-state index contributed by atoms with van der Waals surface area (Å²) in [5, 5.41) is 0.825. The molecule has 1 aliphatic carbocycles. The standard InChI is InChI=1S/C15H12Cl/c1-10-14-5-3-2-4-11(14)8-12-9-13(16)6-7-15(10)12/h2-7,9H,8H2,1H3/q+1. The van der Waals surface area contributed by atoms with Crippen LogP contribution in [0.3, 0.4) is 0 Å². The predicted octanol–water partition coefficient (Wildman–Crippen LogP) is 4.23. The van der Waals surface area contributed by atoms with E-state index in [-0.39, 0.29) is 0 Å². The summed E-state index contributed by atoms with van der Waals surface area (Å²) >= 11 is 6.04. The molecule has 2 aromatic rings. The molecule has 2 aromatic carbocycles. The molecule has 0 heterocycles. The van der Waals surface area contributed by atoms with E-state index in [1.165, 1.54) is 28.2 Å². The van der Waals surface area contributed by atoms with Crippen LogP contribution >= 0.6 is 11.6 Å². The first-order valence-electron chi connectivity index (χ1n) is 5.46. The molecule has 0 saturated heterocycles. The van der Waals surface area contributed by atoms with E-state index in [1.807, 2.05) is 6.07 Å². The van der Waals surface area contributed by atoms with Gasteiger partial charge in [-0.3, -0.25) is 0 Å². The number of hydrogen-bond donors (Lipinski definition) is 0. The summed E-state index contributed by atoms with van der Waals surface area (Å²) in [6.45, 7) is 2.19. The molecule has 78 valence electrons. The van der Waals surface area contributed by atoms with Crippen molar-refractivity contribution in [3.05, 3.63) is 75.7 Å². The van der Waals surface area contributed by atoms with E-state index in [1.54, 1.807) is 0 Å². The molecule has 1 heteroatoms. The molecule has 0 bridgehead atoms. The van der Waals surface area contributed by atoms with E-state index in [0.29, 0.717) is 0 Å². The summed E-state index contributed by atoms with van der Waals surface area (Å²) in [4.78, 5) is 0. The Labute approximate surface area is 101 Å². The van der Waals surface area contributed by atoms with Crippen molar-refractivity contribution in [3.8, 4) is 0 Å². The molecule has 0 radical (unpaired) electrons. The summed E-state index contributed by atoms with van der Waals surface area (Å²) in [7, 11) is 0. The van der Waals surface area contributed by atoms with Crippen LogP contribution in [0.4, 0.5) is 0 Å². The average Bonchev–Trinajstić information content (AvgIpc) is 2.29. The van der Waals surface area contributed by atoms with E-state index in [9.17, 15) is 0 Å². The normalized spacial score (nSPS) is 13.2. The lowest BCUT2D eigenvalue weighted by Crippen LogP contribution is -2.11. The van der Waals surface area contributed by atoms with E-state index in [2.05, 4.69) is 43.3 Å². The molecule has 0 saturated carbocycles. The topological polar surface area (TPSA) is 0 Å². The van der Waals surface area contributed by atoms with Crippen LogP contribution in [0.25, 0.3) is 0 Å². The van der Waals surface area contributed by atoms with Gasteiger partial charge in [-0.05, 0) is 37.3 Å². The lowest BCUT2D eigenvalue weighted by molar-refractivity contribution is 1.02. The minimum atomic E-state index is 0.825. The Morgan fingerprint density at radius 3 is 2.62 bits per heavy atom. The van der Waals surface area contributed by atoms with Crippen LogP contribution in [0.2, 0.25) is 5.02 Å². The fourth-order valence-electron chi connectivity index (χ4n) is 2.46. The second-order valence-corrected chi connectivity index (χ2v) is 4.70. The average molecular weight is 228 g/mol. The van der Waals surface area contributed by atoms with Gasteiger partial charge in [0.1, 0.15) is 0 Å². The summed E-state index contributed by atoms with van der Waals surface area (Å²) in [6, 6.07) is 14.8. The molecule has 0 fully saturated rings. The highest BCUT2D eigenvalue weighted by Crippen LogP contribution is 2.36. The van der Waals surface area contributed by atoms with Crippen molar-refractivity contribution < 1.29 is 0 Å². The summed E-state index contributed by atoms with van der Waals surface area (Å²) < 4.78 is 0. The Bertz CT molecular complexity index is 543. The monoisotopic (exact) mass is 227 g/mol. The highest BCUT2D eigenvalue weighted by atomic mass is 35.5. The maximum absolute atomic E-state index is 6.04. The van der Waals surface area contributed by atoms with Gasteiger partial charge in [-0.15, -0.1) is 0 Å². The van der Waals surface area contributed by atoms with Crippen molar-refractivity contribution in [2.75, 3.05) is 0 Å². The molecule has 0 aromatic heterocycles. The molecule has 3 rings (SSSR count). The Morgan fingerprint density at radius 2 is 1.75 bits per heavy atom. The molecule has 0 aliphatic heterocycles. The third-order valence-corrected chi connectivity index (χ3v) is 3.51. The van der Waals surface area contributed by atoms with Crippen LogP contribution in [0.15, 0.2) is 42.5 Å². The molecule has 0 nitrogen and oxygen atoms in total. The molecule has 0 unspecified atom stereocenters. The molecule has 0 spiro atoms. The van der Waals surface area contributed by atoms with E-state index in [0.717, 1.165) is 11.4 Å². The number of rotatable bonds is 0. The highest BCUT2D eigenvalue weighted by molar-refractivity contribution is 6.30. The number of fused-ring (bicyclic) bond motifs is 2. The Morgan fingerprint density at radius 1 is 1.00 bits per heavy atom. The van der Waals surface area contributed by atoms with Gasteiger partial charge in [0.25, 0.3) is 0 Å². The highest BCUT2D eigenvalue weighted by Gasteiger charge is 2.28. The number of halogens is 1. The lowest BCUT2D eigenvalue weighted by atomic mass is 9.79. The molecule has 1 aliphatic rings. The van der Waals surface area contributed by atoms with Gasteiger partial charge in [0.2, 0.25) is 0 Å². The van der Waals surface area contributed by atoms with Crippen LogP contribution in [0, 0.1) is 5.92 Å². The zero-order valence-electron chi connectivity index (χ0n) is 9.13. The fourth-order valence-corrected chi connectivity index (χ4v) is 2.66.